The fourth-order valence-corrected chi connectivity index (χ4v) is 3.86. The Morgan fingerprint density at radius 2 is 1.85 bits per heavy atom. The number of aliphatic hydroxyl groups excluding tert-OH is 1. The molecule has 1 heterocycles. The molecule has 0 amide bonds. The van der Waals surface area contributed by atoms with Crippen molar-refractivity contribution in [3.63, 3.8) is 0 Å². The van der Waals surface area contributed by atoms with Crippen molar-refractivity contribution in [2.75, 3.05) is 23.7 Å². The Morgan fingerprint density at radius 3 is 2.48 bits per heavy atom. The zero-order valence-corrected chi connectivity index (χ0v) is 16.2. The van der Waals surface area contributed by atoms with E-state index in [9.17, 15) is 9.50 Å². The summed E-state index contributed by atoms with van der Waals surface area (Å²) in [6.45, 7) is 4.07. The summed E-state index contributed by atoms with van der Waals surface area (Å²) in [5.74, 6) is 0.559. The molecule has 0 spiro atoms. The molecule has 3 nitrogen and oxygen atoms in total. The first-order chi connectivity index (χ1) is 13.0. The number of aryl methyl sites for hydroxylation is 1. The van der Waals surface area contributed by atoms with Gasteiger partial charge in [-0.2, -0.15) is 0 Å². The van der Waals surface area contributed by atoms with E-state index >= 15 is 0 Å². The first-order valence-electron chi connectivity index (χ1n) is 10.1. The molecule has 2 aromatic rings. The van der Waals surface area contributed by atoms with Crippen molar-refractivity contribution in [1.29, 1.82) is 0 Å². The molecule has 1 unspecified atom stereocenters. The van der Waals surface area contributed by atoms with Crippen LogP contribution in [-0.4, -0.2) is 24.3 Å². The highest BCUT2D eigenvalue weighted by Gasteiger charge is 2.20. The van der Waals surface area contributed by atoms with Crippen LogP contribution >= 0.6 is 0 Å². The number of piperidine rings is 1. The summed E-state index contributed by atoms with van der Waals surface area (Å²) < 4.78 is 13.0. The van der Waals surface area contributed by atoms with Crippen molar-refractivity contribution >= 4 is 11.4 Å². The summed E-state index contributed by atoms with van der Waals surface area (Å²) in [7, 11) is 0. The van der Waals surface area contributed by atoms with E-state index in [1.807, 2.05) is 19.1 Å². The molecule has 0 saturated carbocycles. The van der Waals surface area contributed by atoms with E-state index < -0.39 is 0 Å². The molecular weight excluding hydrogens is 339 g/mol. The number of halogens is 1. The Labute approximate surface area is 162 Å². The average Bonchev–Trinajstić information content (AvgIpc) is 2.69. The van der Waals surface area contributed by atoms with Crippen LogP contribution in [0, 0.1) is 11.7 Å². The second kappa shape index (κ2) is 9.23. The molecule has 0 radical (unpaired) electrons. The first-order valence-corrected chi connectivity index (χ1v) is 10.1. The molecule has 1 aliphatic rings. The molecule has 2 aromatic carbocycles. The first kappa shape index (κ1) is 19.7. The van der Waals surface area contributed by atoms with Crippen molar-refractivity contribution < 1.29 is 9.50 Å². The van der Waals surface area contributed by atoms with E-state index in [0.717, 1.165) is 49.5 Å². The van der Waals surface area contributed by atoms with Gasteiger partial charge in [-0.25, -0.2) is 4.39 Å². The van der Waals surface area contributed by atoms with Crippen LogP contribution in [0.1, 0.15) is 43.7 Å². The van der Waals surface area contributed by atoms with Gasteiger partial charge in [-0.3, -0.25) is 0 Å². The summed E-state index contributed by atoms with van der Waals surface area (Å²) >= 11 is 0. The van der Waals surface area contributed by atoms with Crippen LogP contribution in [0.15, 0.2) is 42.5 Å². The van der Waals surface area contributed by atoms with Gasteiger partial charge in [0.15, 0.2) is 0 Å². The standard InChI is InChI=1S/C23H31FN2O/c1-2-22(27)15-19-7-10-21(16-23(19)25)26-13-11-18(12-14-26)4-3-17-5-8-20(24)9-6-17/h5-10,16,18,22,27H,2-4,11-15,25H2,1H3. The molecule has 1 aliphatic heterocycles. The maximum atomic E-state index is 13.0. The highest BCUT2D eigenvalue weighted by molar-refractivity contribution is 5.60. The molecular formula is C23H31FN2O. The monoisotopic (exact) mass is 370 g/mol. The summed E-state index contributed by atoms with van der Waals surface area (Å²) in [4.78, 5) is 2.41. The molecule has 27 heavy (non-hydrogen) atoms. The zero-order chi connectivity index (χ0) is 19.2. The van der Waals surface area contributed by atoms with Gasteiger partial charge in [0.2, 0.25) is 0 Å². The third kappa shape index (κ3) is 5.46. The molecule has 1 fully saturated rings. The molecule has 0 aliphatic carbocycles. The van der Waals surface area contributed by atoms with Gasteiger partial charge < -0.3 is 15.7 Å². The van der Waals surface area contributed by atoms with Crippen molar-refractivity contribution in [3.8, 4) is 0 Å². The number of benzene rings is 2. The molecule has 1 saturated heterocycles. The number of nitrogens with zero attached hydrogens (tertiary/aromatic N) is 1. The highest BCUT2D eigenvalue weighted by atomic mass is 19.1. The van der Waals surface area contributed by atoms with E-state index in [1.54, 1.807) is 12.1 Å². The minimum Gasteiger partial charge on any atom is -0.398 e. The Balaban J connectivity index is 1.50. The maximum Gasteiger partial charge on any atom is 0.123 e. The second-order valence-electron chi connectivity index (χ2n) is 7.74. The summed E-state index contributed by atoms with van der Waals surface area (Å²) in [6, 6.07) is 13.1. The summed E-state index contributed by atoms with van der Waals surface area (Å²) in [6.07, 6.45) is 5.58. The Kier molecular flexibility index (Phi) is 6.73. The average molecular weight is 371 g/mol. The van der Waals surface area contributed by atoms with E-state index in [4.69, 9.17) is 5.73 Å². The Morgan fingerprint density at radius 1 is 1.15 bits per heavy atom. The minimum atomic E-state index is -0.324. The Bertz CT molecular complexity index is 724. The topological polar surface area (TPSA) is 49.5 Å². The van der Waals surface area contributed by atoms with Gasteiger partial charge in [-0.1, -0.05) is 25.1 Å². The minimum absolute atomic E-state index is 0.165. The molecule has 3 N–H and O–H groups in total. The van der Waals surface area contributed by atoms with Crippen LogP contribution in [0.25, 0.3) is 0 Å². The summed E-state index contributed by atoms with van der Waals surface area (Å²) in [5.41, 5.74) is 10.4. The third-order valence-corrected chi connectivity index (χ3v) is 5.79. The SMILES string of the molecule is CCC(O)Cc1ccc(N2CCC(CCc3ccc(F)cc3)CC2)cc1N. The van der Waals surface area contributed by atoms with Gasteiger partial charge in [0.25, 0.3) is 0 Å². The fraction of sp³-hybridized carbons (Fsp3) is 0.478. The van der Waals surface area contributed by atoms with E-state index in [1.165, 1.54) is 24.1 Å². The maximum absolute atomic E-state index is 13.0. The normalized spacial score (nSPS) is 16.5. The van der Waals surface area contributed by atoms with Crippen molar-refractivity contribution in [2.24, 2.45) is 5.92 Å². The lowest BCUT2D eigenvalue weighted by Gasteiger charge is -2.34. The summed E-state index contributed by atoms with van der Waals surface area (Å²) in [5, 5.41) is 9.84. The van der Waals surface area contributed by atoms with Gasteiger partial charge in [0.1, 0.15) is 5.82 Å². The van der Waals surface area contributed by atoms with Crippen molar-refractivity contribution in [3.05, 3.63) is 59.4 Å². The number of aliphatic hydroxyl groups is 1. The van der Waals surface area contributed by atoms with E-state index in [-0.39, 0.29) is 11.9 Å². The van der Waals surface area contributed by atoms with Crippen LogP contribution < -0.4 is 10.6 Å². The number of anilines is 2. The van der Waals surface area contributed by atoms with E-state index in [0.29, 0.717) is 6.42 Å². The lowest BCUT2D eigenvalue weighted by Crippen LogP contribution is -2.33. The van der Waals surface area contributed by atoms with Crippen LogP contribution in [-0.2, 0) is 12.8 Å². The number of nitrogen functional groups attached to an aromatic ring is 1. The predicted octanol–water partition coefficient (Wildman–Crippen LogP) is 4.57. The van der Waals surface area contributed by atoms with Gasteiger partial charge in [0.05, 0.1) is 6.10 Å². The largest absolute Gasteiger partial charge is 0.398 e. The van der Waals surface area contributed by atoms with Gasteiger partial charge in [-0.15, -0.1) is 0 Å². The molecule has 0 bridgehead atoms. The number of nitrogens with two attached hydrogens (primary N) is 1. The van der Waals surface area contributed by atoms with Crippen LogP contribution in [0.2, 0.25) is 0 Å². The lowest BCUT2D eigenvalue weighted by atomic mass is 9.90. The molecule has 146 valence electrons. The third-order valence-electron chi connectivity index (χ3n) is 5.79. The zero-order valence-electron chi connectivity index (χ0n) is 16.2. The van der Waals surface area contributed by atoms with Crippen molar-refractivity contribution in [1.82, 2.24) is 0 Å². The second-order valence-corrected chi connectivity index (χ2v) is 7.74. The lowest BCUT2D eigenvalue weighted by molar-refractivity contribution is 0.171. The molecule has 0 aromatic heterocycles. The van der Waals surface area contributed by atoms with Crippen LogP contribution in [0.5, 0.6) is 0 Å². The number of rotatable bonds is 7. The molecule has 3 rings (SSSR count). The van der Waals surface area contributed by atoms with Crippen LogP contribution in [0.4, 0.5) is 15.8 Å². The van der Waals surface area contributed by atoms with Gasteiger partial charge in [-0.05, 0) is 73.4 Å². The predicted molar refractivity (Wildman–Crippen MR) is 111 cm³/mol. The number of hydrogen-bond acceptors (Lipinski definition) is 3. The Hall–Kier alpha value is -2.07. The van der Waals surface area contributed by atoms with Crippen molar-refractivity contribution in [2.45, 2.75) is 51.6 Å². The van der Waals surface area contributed by atoms with Gasteiger partial charge in [0, 0.05) is 30.9 Å². The van der Waals surface area contributed by atoms with Gasteiger partial charge >= 0.3 is 0 Å². The fourth-order valence-electron chi connectivity index (χ4n) is 3.86. The molecule has 1 atom stereocenters. The quantitative estimate of drug-likeness (QED) is 0.702. The molecule has 4 heteroatoms. The number of hydrogen-bond donors (Lipinski definition) is 2. The van der Waals surface area contributed by atoms with E-state index in [2.05, 4.69) is 23.1 Å². The van der Waals surface area contributed by atoms with Crippen LogP contribution in [0.3, 0.4) is 0 Å². The highest BCUT2D eigenvalue weighted by Crippen LogP contribution is 2.29. The smallest absolute Gasteiger partial charge is 0.123 e.